The molecule has 0 spiro atoms. The normalized spacial score (nSPS) is 12.0. The van der Waals surface area contributed by atoms with Crippen LogP contribution >= 0.6 is 0 Å². The molecule has 0 aliphatic carbocycles. The van der Waals surface area contributed by atoms with Crippen molar-refractivity contribution in [3.05, 3.63) is 23.9 Å². The quantitative estimate of drug-likeness (QED) is 0.727. The van der Waals surface area contributed by atoms with E-state index in [2.05, 4.69) is 34.3 Å². The molecule has 6 nitrogen and oxygen atoms in total. The molecule has 0 saturated carbocycles. The van der Waals surface area contributed by atoms with E-state index in [0.717, 1.165) is 17.4 Å². The highest BCUT2D eigenvalue weighted by molar-refractivity contribution is 6.05. The summed E-state index contributed by atoms with van der Waals surface area (Å²) in [6.07, 6.45) is 0. The fraction of sp³-hybridized carbons (Fsp3) is 0.467. The zero-order valence-corrected chi connectivity index (χ0v) is 13.0. The highest BCUT2D eigenvalue weighted by atomic mass is 16.1. The molecule has 1 aromatic heterocycles. The molecule has 0 aliphatic rings. The van der Waals surface area contributed by atoms with Crippen molar-refractivity contribution in [2.24, 2.45) is 5.41 Å². The lowest BCUT2D eigenvalue weighted by Crippen LogP contribution is -2.40. The molecule has 114 valence electrons. The number of aromatic nitrogens is 2. The van der Waals surface area contributed by atoms with E-state index in [-0.39, 0.29) is 11.3 Å². The number of H-pyrrole nitrogens is 1. The van der Waals surface area contributed by atoms with Crippen molar-refractivity contribution in [2.45, 2.75) is 13.8 Å². The van der Waals surface area contributed by atoms with Crippen molar-refractivity contribution in [3.63, 3.8) is 0 Å². The Morgan fingerprint density at radius 1 is 1.43 bits per heavy atom. The van der Waals surface area contributed by atoms with Crippen LogP contribution in [0, 0.1) is 5.41 Å². The first-order chi connectivity index (χ1) is 9.78. The number of rotatable bonds is 5. The van der Waals surface area contributed by atoms with Gasteiger partial charge in [-0.15, -0.1) is 0 Å². The number of anilines is 1. The molecule has 1 aromatic carbocycles. The molecule has 21 heavy (non-hydrogen) atoms. The Bertz CT molecular complexity index is 645. The summed E-state index contributed by atoms with van der Waals surface area (Å²) in [5.74, 6) is -0.182. The highest BCUT2D eigenvalue weighted by Gasteiger charge is 2.21. The van der Waals surface area contributed by atoms with Crippen LogP contribution in [0.2, 0.25) is 0 Å². The van der Waals surface area contributed by atoms with Crippen LogP contribution in [0.3, 0.4) is 0 Å². The summed E-state index contributed by atoms with van der Waals surface area (Å²) in [6, 6.07) is 5.37. The van der Waals surface area contributed by atoms with Crippen LogP contribution in [0.5, 0.6) is 0 Å². The summed E-state index contributed by atoms with van der Waals surface area (Å²) in [7, 11) is 4.04. The van der Waals surface area contributed by atoms with Crippen LogP contribution in [0.1, 0.15) is 24.3 Å². The van der Waals surface area contributed by atoms with Gasteiger partial charge in [0.1, 0.15) is 0 Å². The van der Waals surface area contributed by atoms with Gasteiger partial charge in [0.15, 0.2) is 5.69 Å². The van der Waals surface area contributed by atoms with Crippen molar-refractivity contribution in [1.29, 1.82) is 0 Å². The lowest BCUT2D eigenvalue weighted by Gasteiger charge is -2.28. The fourth-order valence-electron chi connectivity index (χ4n) is 2.52. The summed E-state index contributed by atoms with van der Waals surface area (Å²) in [4.78, 5) is 14.4. The Morgan fingerprint density at radius 3 is 2.81 bits per heavy atom. The lowest BCUT2D eigenvalue weighted by atomic mass is 9.93. The predicted molar refractivity (Wildman–Crippen MR) is 85.2 cm³/mol. The van der Waals surface area contributed by atoms with Gasteiger partial charge in [0.05, 0.1) is 5.52 Å². The van der Waals surface area contributed by atoms with E-state index in [9.17, 15) is 4.79 Å². The molecule has 6 heteroatoms. The molecule has 1 heterocycles. The van der Waals surface area contributed by atoms with Crippen LogP contribution in [0.25, 0.3) is 10.9 Å². The topological polar surface area (TPSA) is 87.0 Å². The number of nitrogens with zero attached hydrogens (tertiary/aromatic N) is 2. The second-order valence-corrected chi connectivity index (χ2v) is 6.46. The molecule has 0 fully saturated rings. The standard InChI is InChI=1S/C15H23N5O/c1-15(2,9-20(3)4)8-17-14(21)13-11-7-10(16)5-6-12(11)18-19-13/h5-7H,8-9,16H2,1-4H3,(H,17,21)(H,18,19). The average molecular weight is 289 g/mol. The van der Waals surface area contributed by atoms with Gasteiger partial charge in [0.2, 0.25) is 0 Å². The molecular formula is C15H23N5O. The Hall–Kier alpha value is -2.08. The van der Waals surface area contributed by atoms with E-state index < -0.39 is 0 Å². The van der Waals surface area contributed by atoms with E-state index in [1.165, 1.54) is 0 Å². The van der Waals surface area contributed by atoms with Gasteiger partial charge >= 0.3 is 0 Å². The summed E-state index contributed by atoms with van der Waals surface area (Å²) in [6.45, 7) is 5.71. The maximum atomic E-state index is 12.3. The number of fused-ring (bicyclic) bond motifs is 1. The largest absolute Gasteiger partial charge is 0.399 e. The Balaban J connectivity index is 2.11. The lowest BCUT2D eigenvalue weighted by molar-refractivity contribution is 0.0926. The molecule has 2 aromatic rings. The van der Waals surface area contributed by atoms with Crippen molar-refractivity contribution >= 4 is 22.5 Å². The van der Waals surface area contributed by atoms with E-state index >= 15 is 0 Å². The smallest absolute Gasteiger partial charge is 0.272 e. The van der Waals surface area contributed by atoms with Crippen LogP contribution < -0.4 is 11.1 Å². The Labute approximate surface area is 124 Å². The Kier molecular flexibility index (Phi) is 4.18. The van der Waals surface area contributed by atoms with Gasteiger partial charge < -0.3 is 16.0 Å². The molecule has 2 rings (SSSR count). The average Bonchev–Trinajstić information content (AvgIpc) is 2.77. The molecule has 0 aliphatic heterocycles. The number of nitrogens with two attached hydrogens (primary N) is 1. The summed E-state index contributed by atoms with van der Waals surface area (Å²) >= 11 is 0. The molecule has 4 N–H and O–H groups in total. The van der Waals surface area contributed by atoms with Gasteiger partial charge in [0, 0.05) is 24.2 Å². The van der Waals surface area contributed by atoms with Crippen molar-refractivity contribution in [3.8, 4) is 0 Å². The molecule has 1 amide bonds. The molecule has 0 radical (unpaired) electrons. The van der Waals surface area contributed by atoms with E-state index in [4.69, 9.17) is 5.73 Å². The number of hydrogen-bond donors (Lipinski definition) is 3. The minimum absolute atomic E-state index is 0.00962. The number of benzene rings is 1. The third-order valence-corrected chi connectivity index (χ3v) is 3.27. The third kappa shape index (κ3) is 3.72. The van der Waals surface area contributed by atoms with Gasteiger partial charge in [-0.3, -0.25) is 9.89 Å². The van der Waals surface area contributed by atoms with Gasteiger partial charge in [-0.25, -0.2) is 0 Å². The summed E-state index contributed by atoms with van der Waals surface area (Å²) < 4.78 is 0. The summed E-state index contributed by atoms with van der Waals surface area (Å²) in [5, 5.41) is 10.6. The van der Waals surface area contributed by atoms with Crippen LogP contribution in [-0.4, -0.2) is 48.2 Å². The maximum absolute atomic E-state index is 12.3. The van der Waals surface area contributed by atoms with Crippen LogP contribution in [0.15, 0.2) is 18.2 Å². The first-order valence-corrected chi connectivity index (χ1v) is 6.95. The molecular weight excluding hydrogens is 266 g/mol. The van der Waals surface area contributed by atoms with Crippen LogP contribution in [0.4, 0.5) is 5.69 Å². The molecule has 0 unspecified atom stereocenters. The van der Waals surface area contributed by atoms with Gasteiger partial charge in [-0.05, 0) is 37.7 Å². The second-order valence-electron chi connectivity index (χ2n) is 6.46. The zero-order chi connectivity index (χ0) is 15.6. The number of amides is 1. The third-order valence-electron chi connectivity index (χ3n) is 3.27. The number of nitrogens with one attached hydrogen (secondary N) is 2. The Morgan fingerprint density at radius 2 is 2.14 bits per heavy atom. The zero-order valence-electron chi connectivity index (χ0n) is 13.0. The maximum Gasteiger partial charge on any atom is 0.272 e. The van der Waals surface area contributed by atoms with E-state index in [0.29, 0.717) is 17.9 Å². The number of carbonyl (C=O) groups is 1. The summed E-state index contributed by atoms with van der Waals surface area (Å²) in [5.41, 5.74) is 7.57. The predicted octanol–water partition coefficient (Wildman–Crippen LogP) is 1.46. The molecule has 0 bridgehead atoms. The number of nitrogen functional groups attached to an aromatic ring is 1. The number of carbonyl (C=O) groups excluding carboxylic acids is 1. The van der Waals surface area contributed by atoms with E-state index in [1.807, 2.05) is 20.2 Å². The van der Waals surface area contributed by atoms with Gasteiger partial charge in [-0.1, -0.05) is 13.8 Å². The minimum atomic E-state index is -0.182. The number of aromatic amines is 1. The van der Waals surface area contributed by atoms with E-state index in [1.54, 1.807) is 12.1 Å². The monoisotopic (exact) mass is 289 g/mol. The fourth-order valence-corrected chi connectivity index (χ4v) is 2.52. The van der Waals surface area contributed by atoms with Gasteiger partial charge in [-0.2, -0.15) is 5.10 Å². The SMILES string of the molecule is CN(C)CC(C)(C)CNC(=O)c1n[nH]c2ccc(N)cc12. The first-order valence-electron chi connectivity index (χ1n) is 6.95. The van der Waals surface area contributed by atoms with Gasteiger partial charge in [0.25, 0.3) is 5.91 Å². The molecule has 0 atom stereocenters. The number of hydrogen-bond acceptors (Lipinski definition) is 4. The first kappa shape index (κ1) is 15.3. The minimum Gasteiger partial charge on any atom is -0.399 e. The molecule has 0 saturated heterocycles. The highest BCUT2D eigenvalue weighted by Crippen LogP contribution is 2.19. The second kappa shape index (κ2) is 5.73. The van der Waals surface area contributed by atoms with Crippen molar-refractivity contribution in [2.75, 3.05) is 32.9 Å². The van der Waals surface area contributed by atoms with Crippen molar-refractivity contribution < 1.29 is 4.79 Å². The van der Waals surface area contributed by atoms with Crippen LogP contribution in [-0.2, 0) is 0 Å². The van der Waals surface area contributed by atoms with Crippen molar-refractivity contribution in [1.82, 2.24) is 20.4 Å².